The lowest BCUT2D eigenvalue weighted by molar-refractivity contribution is -0.144. The van der Waals surface area contributed by atoms with Crippen molar-refractivity contribution >= 4 is 23.7 Å². The van der Waals surface area contributed by atoms with Crippen LogP contribution in [-0.4, -0.2) is 52.9 Å². The Hall–Kier alpha value is -4.84. The normalized spacial score (nSPS) is 16.3. The summed E-state index contributed by atoms with van der Waals surface area (Å²) in [5.74, 6) is -0.930. The van der Waals surface area contributed by atoms with Crippen LogP contribution in [0.15, 0.2) is 36.5 Å². The maximum absolute atomic E-state index is 13.8. The predicted octanol–water partition coefficient (Wildman–Crippen LogP) is 8.54. The number of nitrogens with one attached hydrogen (secondary N) is 1. The van der Waals surface area contributed by atoms with E-state index in [1.807, 2.05) is 0 Å². The molecule has 0 fully saturated rings. The fourth-order valence-corrected chi connectivity index (χ4v) is 5.51. The maximum atomic E-state index is 13.8. The molecular weight excluding hydrogens is 717 g/mol. The quantitative estimate of drug-likeness (QED) is 0.110. The van der Waals surface area contributed by atoms with Crippen molar-refractivity contribution in [3.05, 3.63) is 70.3 Å². The van der Waals surface area contributed by atoms with Crippen molar-refractivity contribution in [2.45, 2.75) is 83.5 Å². The third-order valence-corrected chi connectivity index (χ3v) is 7.83. The summed E-state index contributed by atoms with van der Waals surface area (Å²) in [5.41, 5.74) is -5.15. The monoisotopic (exact) mass is 751 g/mol. The van der Waals surface area contributed by atoms with E-state index in [-0.39, 0.29) is 73.9 Å². The molecule has 0 saturated heterocycles. The van der Waals surface area contributed by atoms with Crippen molar-refractivity contribution in [3.8, 4) is 5.75 Å². The molecule has 1 amide bonds. The molecule has 0 saturated carbocycles. The summed E-state index contributed by atoms with van der Waals surface area (Å²) in [4.78, 5) is 38.1. The minimum Gasteiger partial charge on any atom is -0.490 e. The highest BCUT2D eigenvalue weighted by molar-refractivity contribution is 5.90. The molecule has 1 aliphatic rings. The van der Waals surface area contributed by atoms with Crippen LogP contribution >= 0.6 is 0 Å². The van der Waals surface area contributed by atoms with E-state index in [2.05, 4.69) is 20.3 Å². The van der Waals surface area contributed by atoms with E-state index >= 15 is 0 Å². The first-order valence-electron chi connectivity index (χ1n) is 16.1. The summed E-state index contributed by atoms with van der Waals surface area (Å²) in [6.45, 7) is 4.90. The highest BCUT2D eigenvalue weighted by atomic mass is 19.4. The molecule has 0 unspecified atom stereocenters. The molecule has 0 radical (unpaired) electrons. The molecule has 2 aromatic heterocycles. The van der Waals surface area contributed by atoms with E-state index < -0.39 is 71.5 Å². The van der Waals surface area contributed by atoms with Gasteiger partial charge in [0.15, 0.2) is 5.75 Å². The van der Waals surface area contributed by atoms with E-state index in [4.69, 9.17) is 14.2 Å². The molecule has 0 aliphatic carbocycles. The van der Waals surface area contributed by atoms with Crippen molar-refractivity contribution in [2.75, 3.05) is 30.0 Å². The number of carbonyl (C=O) groups is 2. The summed E-state index contributed by atoms with van der Waals surface area (Å²) in [6, 6.07) is 1.19. The fourth-order valence-electron chi connectivity index (χ4n) is 5.51. The van der Waals surface area contributed by atoms with Crippen LogP contribution in [0.5, 0.6) is 5.75 Å². The first kappa shape index (κ1) is 39.9. The number of pyridine rings is 1. The number of rotatable bonds is 12. The van der Waals surface area contributed by atoms with Gasteiger partial charge in [-0.1, -0.05) is 6.92 Å². The molecule has 3 heterocycles. The molecule has 1 aliphatic heterocycles. The first-order chi connectivity index (χ1) is 24.3. The Morgan fingerprint density at radius 3 is 2.12 bits per heavy atom. The lowest BCUT2D eigenvalue weighted by Gasteiger charge is -2.39. The molecular formula is C33H34F9N5O5. The Balaban J connectivity index is 1.76. The number of alkyl halides is 9. The molecule has 0 spiro atoms. The summed E-state index contributed by atoms with van der Waals surface area (Å²) >= 11 is 0. The van der Waals surface area contributed by atoms with Gasteiger partial charge in [0.05, 0.1) is 60.3 Å². The number of anilines is 2. The van der Waals surface area contributed by atoms with E-state index in [9.17, 15) is 49.1 Å². The van der Waals surface area contributed by atoms with Crippen LogP contribution in [0.2, 0.25) is 0 Å². The Kier molecular flexibility index (Phi) is 12.5. The van der Waals surface area contributed by atoms with Gasteiger partial charge < -0.3 is 19.5 Å². The molecule has 1 N–H and O–H groups in total. The zero-order chi connectivity index (χ0) is 38.4. The van der Waals surface area contributed by atoms with Gasteiger partial charge in [-0.2, -0.15) is 39.5 Å². The lowest BCUT2D eigenvalue weighted by atomic mass is 9.93. The topological polar surface area (TPSA) is 116 Å². The number of carbonyl (C=O) groups excluding carboxylic acids is 2. The highest BCUT2D eigenvalue weighted by Crippen LogP contribution is 2.42. The minimum absolute atomic E-state index is 0.00992. The van der Waals surface area contributed by atoms with Crippen molar-refractivity contribution in [2.24, 2.45) is 0 Å². The highest BCUT2D eigenvalue weighted by Gasteiger charge is 2.41. The fraction of sp³-hybridized carbons (Fsp3) is 0.485. The molecule has 3 aromatic rings. The summed E-state index contributed by atoms with van der Waals surface area (Å²) in [5, 5.41) is 2.88. The average Bonchev–Trinajstić information content (AvgIpc) is 3.06. The van der Waals surface area contributed by atoms with Gasteiger partial charge in [-0.3, -0.25) is 9.69 Å². The van der Waals surface area contributed by atoms with E-state index in [1.54, 1.807) is 20.8 Å². The van der Waals surface area contributed by atoms with Gasteiger partial charge in [-0.25, -0.2) is 19.7 Å². The number of esters is 1. The lowest BCUT2D eigenvalue weighted by Crippen LogP contribution is -2.46. The van der Waals surface area contributed by atoms with Gasteiger partial charge >= 0.3 is 30.6 Å². The predicted molar refractivity (Wildman–Crippen MR) is 166 cm³/mol. The van der Waals surface area contributed by atoms with Gasteiger partial charge in [0.25, 0.3) is 0 Å². The van der Waals surface area contributed by atoms with Crippen LogP contribution in [0.25, 0.3) is 0 Å². The van der Waals surface area contributed by atoms with Gasteiger partial charge in [0, 0.05) is 18.9 Å². The largest absolute Gasteiger partial charge is 0.490 e. The summed E-state index contributed by atoms with van der Waals surface area (Å²) in [7, 11) is 0. The standard InChI is InChI=1S/C33H34F9N5O5/c1-4-21-16-23(28-24(47(21)30(49)51-6-3)9-10-26(46-28)33(40,41)42)45-29-43-17-25(52-11-7-8-27(48)50-5-2)22(44-29)14-18-12-19(31(34,35)36)15-20(13-18)32(37,38)39/h9-10,12-13,15,17,21,23H,4-8,11,14,16H2,1-3H3,(H,43,44,45)/t21-,23+/m1/s1. The van der Waals surface area contributed by atoms with Crippen molar-refractivity contribution in [1.82, 2.24) is 15.0 Å². The second kappa shape index (κ2) is 16.2. The van der Waals surface area contributed by atoms with Crippen LogP contribution in [0.1, 0.15) is 86.3 Å². The average molecular weight is 752 g/mol. The van der Waals surface area contributed by atoms with Gasteiger partial charge in [0.1, 0.15) is 5.69 Å². The SMILES string of the molecule is CCOC(=O)CCCOc1cnc(N[C@H]2C[C@@H](CC)N(C(=O)OCC)c3ccc(C(F)(F)F)nc32)nc1Cc1cc(C(F)(F)F)cc(C(F)(F)F)c1. The second-order valence-electron chi connectivity index (χ2n) is 11.5. The second-order valence-corrected chi connectivity index (χ2v) is 11.5. The summed E-state index contributed by atoms with van der Waals surface area (Å²) in [6.07, 6.45) is -15.0. The Morgan fingerprint density at radius 1 is 0.885 bits per heavy atom. The van der Waals surface area contributed by atoms with Crippen LogP contribution in [0, 0.1) is 0 Å². The third kappa shape index (κ3) is 9.93. The van der Waals surface area contributed by atoms with Crippen LogP contribution in [0.4, 0.5) is 55.9 Å². The Morgan fingerprint density at radius 2 is 1.54 bits per heavy atom. The Labute approximate surface area is 291 Å². The minimum atomic E-state index is -5.12. The number of fused-ring (bicyclic) bond motifs is 1. The van der Waals surface area contributed by atoms with Gasteiger partial charge in [-0.05, 0) is 69.0 Å². The van der Waals surface area contributed by atoms with Gasteiger partial charge in [-0.15, -0.1) is 0 Å². The number of benzene rings is 1. The number of hydrogen-bond donors (Lipinski definition) is 1. The van der Waals surface area contributed by atoms with Crippen molar-refractivity contribution < 1.29 is 63.3 Å². The molecule has 1 aromatic carbocycles. The number of amides is 1. The van der Waals surface area contributed by atoms with Gasteiger partial charge in [0.2, 0.25) is 5.95 Å². The number of nitrogens with zero attached hydrogens (tertiary/aromatic N) is 4. The number of aromatic nitrogens is 3. The third-order valence-electron chi connectivity index (χ3n) is 7.83. The van der Waals surface area contributed by atoms with Crippen molar-refractivity contribution in [1.29, 1.82) is 0 Å². The van der Waals surface area contributed by atoms with E-state index in [0.29, 0.717) is 24.6 Å². The number of ether oxygens (including phenoxy) is 3. The smallest absolute Gasteiger partial charge is 0.433 e. The zero-order valence-corrected chi connectivity index (χ0v) is 28.0. The van der Waals surface area contributed by atoms with E-state index in [0.717, 1.165) is 12.3 Å². The number of hydrogen-bond acceptors (Lipinski definition) is 9. The molecule has 4 rings (SSSR count). The van der Waals surface area contributed by atoms with Crippen LogP contribution in [0.3, 0.4) is 0 Å². The molecule has 10 nitrogen and oxygen atoms in total. The van der Waals surface area contributed by atoms with Crippen LogP contribution in [-0.2, 0) is 39.2 Å². The molecule has 19 heteroatoms. The first-order valence-corrected chi connectivity index (χ1v) is 16.1. The number of halogens is 9. The van der Waals surface area contributed by atoms with Crippen LogP contribution < -0.4 is 15.0 Å². The molecule has 284 valence electrons. The Bertz CT molecular complexity index is 1700. The van der Waals surface area contributed by atoms with Crippen molar-refractivity contribution in [3.63, 3.8) is 0 Å². The summed E-state index contributed by atoms with van der Waals surface area (Å²) < 4.78 is 139. The molecule has 0 bridgehead atoms. The zero-order valence-electron chi connectivity index (χ0n) is 28.0. The molecule has 52 heavy (non-hydrogen) atoms. The maximum Gasteiger partial charge on any atom is 0.433 e. The van der Waals surface area contributed by atoms with E-state index in [1.165, 1.54) is 4.90 Å². The molecule has 2 atom stereocenters.